The van der Waals surface area contributed by atoms with E-state index in [0.717, 1.165) is 18.4 Å². The van der Waals surface area contributed by atoms with Crippen LogP contribution < -0.4 is 16.4 Å². The number of hydrogen-bond donors (Lipinski definition) is 3. The first-order valence-electron chi connectivity index (χ1n) is 7.09. The molecule has 4 N–H and O–H groups in total. The van der Waals surface area contributed by atoms with Gasteiger partial charge in [0.05, 0.1) is 6.54 Å². The second-order valence-electron chi connectivity index (χ2n) is 4.61. The summed E-state index contributed by atoms with van der Waals surface area (Å²) >= 11 is 0. The molecule has 0 aliphatic heterocycles. The predicted molar refractivity (Wildman–Crippen MR) is 82.2 cm³/mol. The number of nitrogens with one attached hydrogen (secondary N) is 2. The maximum atomic E-state index is 11.6. The summed E-state index contributed by atoms with van der Waals surface area (Å²) in [7, 11) is 0. The monoisotopic (exact) mass is 307 g/mol. The molecule has 0 bridgehead atoms. The van der Waals surface area contributed by atoms with Crippen LogP contribution in [0.2, 0.25) is 0 Å². The second-order valence-corrected chi connectivity index (χ2v) is 4.61. The third-order valence-corrected chi connectivity index (χ3v) is 2.80. The molecule has 0 atom stereocenters. The Morgan fingerprint density at radius 2 is 1.91 bits per heavy atom. The summed E-state index contributed by atoms with van der Waals surface area (Å²) < 4.78 is 4.91. The van der Waals surface area contributed by atoms with Gasteiger partial charge in [0.2, 0.25) is 5.91 Å². The van der Waals surface area contributed by atoms with Gasteiger partial charge in [-0.1, -0.05) is 12.1 Å². The van der Waals surface area contributed by atoms with Crippen molar-refractivity contribution >= 4 is 24.0 Å². The first kappa shape index (κ1) is 17.6. The standard InChI is InChI=1S/C15H21N3O4/c16-8-2-1-3-14(20)18-13-6-4-12(5-7-13)11-22-15(21)17-9-10-19/h4-7,10H,1-3,8-9,11,16H2,(H,17,21)(H,18,20). The summed E-state index contributed by atoms with van der Waals surface area (Å²) in [5.41, 5.74) is 6.84. The van der Waals surface area contributed by atoms with Crippen LogP contribution in [0.3, 0.4) is 0 Å². The van der Waals surface area contributed by atoms with Crippen LogP contribution in [0.5, 0.6) is 0 Å². The normalized spacial score (nSPS) is 9.86. The number of alkyl carbamates (subject to hydrolysis) is 1. The van der Waals surface area contributed by atoms with Gasteiger partial charge in [0, 0.05) is 12.1 Å². The Kier molecular flexibility index (Phi) is 8.29. The Morgan fingerprint density at radius 3 is 2.55 bits per heavy atom. The van der Waals surface area contributed by atoms with E-state index in [0.29, 0.717) is 24.9 Å². The molecular weight excluding hydrogens is 286 g/mol. The molecule has 0 saturated carbocycles. The van der Waals surface area contributed by atoms with Crippen molar-refractivity contribution < 1.29 is 19.1 Å². The van der Waals surface area contributed by atoms with Crippen LogP contribution in [0, 0.1) is 0 Å². The topological polar surface area (TPSA) is 111 Å². The third-order valence-electron chi connectivity index (χ3n) is 2.80. The van der Waals surface area contributed by atoms with Crippen molar-refractivity contribution in [2.24, 2.45) is 5.73 Å². The molecule has 0 saturated heterocycles. The highest BCUT2D eigenvalue weighted by molar-refractivity contribution is 5.90. The molecule has 0 fully saturated rings. The van der Waals surface area contributed by atoms with Crippen LogP contribution in [-0.4, -0.2) is 31.4 Å². The highest BCUT2D eigenvalue weighted by atomic mass is 16.5. The summed E-state index contributed by atoms with van der Waals surface area (Å²) in [4.78, 5) is 32.9. The number of aldehydes is 1. The number of ether oxygens (including phenoxy) is 1. The zero-order valence-electron chi connectivity index (χ0n) is 12.3. The van der Waals surface area contributed by atoms with Gasteiger partial charge in [0.1, 0.15) is 12.9 Å². The fraction of sp³-hybridized carbons (Fsp3) is 0.400. The summed E-state index contributed by atoms with van der Waals surface area (Å²) in [6.07, 6.45) is 1.97. The molecule has 7 heteroatoms. The molecule has 0 unspecified atom stereocenters. The molecule has 2 amide bonds. The lowest BCUT2D eigenvalue weighted by Crippen LogP contribution is -2.25. The summed E-state index contributed by atoms with van der Waals surface area (Å²) in [6.45, 7) is 0.603. The van der Waals surface area contributed by atoms with Gasteiger partial charge in [-0.25, -0.2) is 4.79 Å². The maximum absolute atomic E-state index is 11.6. The van der Waals surface area contributed by atoms with Crippen molar-refractivity contribution in [2.45, 2.75) is 25.9 Å². The minimum atomic E-state index is -0.649. The lowest BCUT2D eigenvalue weighted by atomic mass is 10.2. The lowest BCUT2D eigenvalue weighted by molar-refractivity contribution is -0.116. The Bertz CT molecular complexity index is 488. The number of nitrogens with two attached hydrogens (primary N) is 1. The number of carbonyl (C=O) groups is 3. The number of carbonyl (C=O) groups excluding carboxylic acids is 3. The van der Waals surface area contributed by atoms with Gasteiger partial charge in [-0.15, -0.1) is 0 Å². The van der Waals surface area contributed by atoms with E-state index in [1.54, 1.807) is 24.3 Å². The maximum Gasteiger partial charge on any atom is 0.407 e. The second kappa shape index (κ2) is 10.3. The first-order valence-corrected chi connectivity index (χ1v) is 7.09. The van der Waals surface area contributed by atoms with Crippen LogP contribution >= 0.6 is 0 Å². The van der Waals surface area contributed by atoms with Crippen molar-refractivity contribution in [1.82, 2.24) is 5.32 Å². The van der Waals surface area contributed by atoms with Crippen LogP contribution in [-0.2, 0) is 20.9 Å². The molecule has 120 valence electrons. The molecule has 0 aromatic heterocycles. The summed E-state index contributed by atoms with van der Waals surface area (Å²) in [5, 5.41) is 5.05. The summed E-state index contributed by atoms with van der Waals surface area (Å²) in [5.74, 6) is -0.0503. The largest absolute Gasteiger partial charge is 0.445 e. The van der Waals surface area contributed by atoms with E-state index in [9.17, 15) is 14.4 Å². The molecule has 0 heterocycles. The van der Waals surface area contributed by atoms with Crippen molar-refractivity contribution in [2.75, 3.05) is 18.4 Å². The molecule has 1 rings (SSSR count). The number of unbranched alkanes of at least 4 members (excludes halogenated alkanes) is 1. The zero-order chi connectivity index (χ0) is 16.2. The average molecular weight is 307 g/mol. The van der Waals surface area contributed by atoms with E-state index >= 15 is 0 Å². The van der Waals surface area contributed by atoms with Crippen molar-refractivity contribution in [1.29, 1.82) is 0 Å². The van der Waals surface area contributed by atoms with E-state index in [4.69, 9.17) is 10.5 Å². The van der Waals surface area contributed by atoms with E-state index in [1.165, 1.54) is 0 Å². The molecule has 1 aromatic carbocycles. The molecule has 0 aliphatic carbocycles. The number of anilines is 1. The van der Waals surface area contributed by atoms with Crippen LogP contribution in [0.15, 0.2) is 24.3 Å². The van der Waals surface area contributed by atoms with E-state index < -0.39 is 6.09 Å². The van der Waals surface area contributed by atoms with Crippen LogP contribution in [0.25, 0.3) is 0 Å². The van der Waals surface area contributed by atoms with Gasteiger partial charge < -0.3 is 25.9 Å². The quantitative estimate of drug-likeness (QED) is 0.468. The minimum Gasteiger partial charge on any atom is -0.445 e. The van der Waals surface area contributed by atoms with Gasteiger partial charge in [-0.2, -0.15) is 0 Å². The van der Waals surface area contributed by atoms with Crippen LogP contribution in [0.4, 0.5) is 10.5 Å². The Morgan fingerprint density at radius 1 is 1.18 bits per heavy atom. The third kappa shape index (κ3) is 7.39. The fourth-order valence-corrected chi connectivity index (χ4v) is 1.66. The zero-order valence-corrected chi connectivity index (χ0v) is 12.3. The average Bonchev–Trinajstić information content (AvgIpc) is 2.52. The van der Waals surface area contributed by atoms with Crippen molar-refractivity contribution in [3.05, 3.63) is 29.8 Å². The smallest absolute Gasteiger partial charge is 0.407 e. The summed E-state index contributed by atoms with van der Waals surface area (Å²) in [6, 6.07) is 6.98. The lowest BCUT2D eigenvalue weighted by Gasteiger charge is -2.07. The fourth-order valence-electron chi connectivity index (χ4n) is 1.66. The Labute approximate surface area is 129 Å². The van der Waals surface area contributed by atoms with Gasteiger partial charge in [-0.3, -0.25) is 4.79 Å². The number of amides is 2. The molecule has 1 aromatic rings. The minimum absolute atomic E-state index is 0.0503. The van der Waals surface area contributed by atoms with Gasteiger partial charge in [-0.05, 0) is 37.1 Å². The molecule has 0 spiro atoms. The number of hydrogen-bond acceptors (Lipinski definition) is 5. The Hall–Kier alpha value is -2.41. The molecule has 7 nitrogen and oxygen atoms in total. The van der Waals surface area contributed by atoms with Gasteiger partial charge in [0.25, 0.3) is 0 Å². The highest BCUT2D eigenvalue weighted by Gasteiger charge is 2.04. The van der Waals surface area contributed by atoms with Crippen molar-refractivity contribution in [3.8, 4) is 0 Å². The Balaban J connectivity index is 2.34. The van der Waals surface area contributed by atoms with Crippen molar-refractivity contribution in [3.63, 3.8) is 0 Å². The van der Waals surface area contributed by atoms with E-state index in [1.807, 2.05) is 0 Å². The van der Waals surface area contributed by atoms with Gasteiger partial charge >= 0.3 is 6.09 Å². The molecule has 0 aliphatic rings. The predicted octanol–water partition coefficient (Wildman–Crippen LogP) is 1.18. The van der Waals surface area contributed by atoms with Crippen LogP contribution in [0.1, 0.15) is 24.8 Å². The van der Waals surface area contributed by atoms with E-state index in [-0.39, 0.29) is 19.1 Å². The number of benzene rings is 1. The SMILES string of the molecule is NCCCCC(=O)Nc1ccc(COC(=O)NCC=O)cc1. The number of rotatable bonds is 9. The molecular formula is C15H21N3O4. The molecule has 0 radical (unpaired) electrons. The first-order chi connectivity index (χ1) is 10.7. The highest BCUT2D eigenvalue weighted by Crippen LogP contribution is 2.11. The van der Waals surface area contributed by atoms with Gasteiger partial charge in [0.15, 0.2) is 0 Å². The van der Waals surface area contributed by atoms with E-state index in [2.05, 4.69) is 10.6 Å². The molecule has 22 heavy (non-hydrogen) atoms.